The second-order valence-corrected chi connectivity index (χ2v) is 5.18. The first kappa shape index (κ1) is 14.4. The number of esters is 1. The highest BCUT2D eigenvalue weighted by atomic mass is 16.5. The van der Waals surface area contributed by atoms with Crippen LogP contribution < -0.4 is 0 Å². The minimum Gasteiger partial charge on any atom is -0.463 e. The molecule has 0 saturated carbocycles. The van der Waals surface area contributed by atoms with Gasteiger partial charge in [-0.1, -0.05) is 49.7 Å². The van der Waals surface area contributed by atoms with Crippen molar-refractivity contribution in [3.63, 3.8) is 0 Å². The van der Waals surface area contributed by atoms with Crippen LogP contribution in [0, 0.1) is 0 Å². The second kappa shape index (κ2) is 6.48. The zero-order valence-corrected chi connectivity index (χ0v) is 12.5. The molecule has 0 atom stereocenters. The van der Waals surface area contributed by atoms with Crippen LogP contribution in [0.1, 0.15) is 25.3 Å². The minimum absolute atomic E-state index is 0.318. The third kappa shape index (κ3) is 2.89. The highest BCUT2D eigenvalue weighted by Crippen LogP contribution is 2.31. The predicted molar refractivity (Wildman–Crippen MR) is 88.6 cm³/mol. The number of para-hydroxylation sites is 2. The molecule has 0 amide bonds. The molecule has 0 aliphatic rings. The van der Waals surface area contributed by atoms with Gasteiger partial charge in [0.1, 0.15) is 11.2 Å². The lowest BCUT2D eigenvalue weighted by Gasteiger charge is -1.99. The van der Waals surface area contributed by atoms with Crippen LogP contribution in [0.25, 0.3) is 28.0 Å². The van der Waals surface area contributed by atoms with Crippen LogP contribution in [0.3, 0.4) is 0 Å². The Morgan fingerprint density at radius 2 is 1.95 bits per heavy atom. The lowest BCUT2D eigenvalue weighted by atomic mass is 10.1. The maximum absolute atomic E-state index is 11.7. The largest absolute Gasteiger partial charge is 0.463 e. The van der Waals surface area contributed by atoms with E-state index in [2.05, 4.69) is 6.92 Å². The van der Waals surface area contributed by atoms with Gasteiger partial charge in [-0.25, -0.2) is 4.79 Å². The topological polar surface area (TPSA) is 39.4 Å². The fraction of sp³-hybridized carbons (Fsp3) is 0.211. The maximum Gasteiger partial charge on any atom is 0.330 e. The highest BCUT2D eigenvalue weighted by molar-refractivity contribution is 6.07. The molecule has 1 aromatic heterocycles. The fourth-order valence-electron chi connectivity index (χ4n) is 2.42. The number of benzene rings is 2. The van der Waals surface area contributed by atoms with Gasteiger partial charge in [-0.3, -0.25) is 0 Å². The molecule has 3 nitrogen and oxygen atoms in total. The number of rotatable bonds is 5. The quantitative estimate of drug-likeness (QED) is 0.380. The Morgan fingerprint density at radius 3 is 2.82 bits per heavy atom. The molecule has 0 N–H and O–H groups in total. The summed E-state index contributed by atoms with van der Waals surface area (Å²) in [5, 5.41) is 2.13. The van der Waals surface area contributed by atoms with Crippen molar-refractivity contribution in [2.75, 3.05) is 6.61 Å². The van der Waals surface area contributed by atoms with Gasteiger partial charge in [0.2, 0.25) is 0 Å². The van der Waals surface area contributed by atoms with Crippen molar-refractivity contribution in [2.45, 2.75) is 19.8 Å². The minimum atomic E-state index is -0.318. The van der Waals surface area contributed by atoms with Gasteiger partial charge < -0.3 is 9.15 Å². The molecule has 0 aliphatic heterocycles. The summed E-state index contributed by atoms with van der Waals surface area (Å²) in [7, 11) is 0. The van der Waals surface area contributed by atoms with Crippen LogP contribution in [0.2, 0.25) is 0 Å². The normalized spacial score (nSPS) is 11.5. The first-order valence-electron chi connectivity index (χ1n) is 7.54. The van der Waals surface area contributed by atoms with E-state index in [1.54, 1.807) is 6.08 Å². The van der Waals surface area contributed by atoms with Crippen LogP contribution in [0.15, 0.2) is 53.0 Å². The van der Waals surface area contributed by atoms with Gasteiger partial charge in [0.05, 0.1) is 6.61 Å². The molecule has 112 valence electrons. The molecule has 0 spiro atoms. The van der Waals surface area contributed by atoms with Crippen LogP contribution in [0.4, 0.5) is 0 Å². The van der Waals surface area contributed by atoms with E-state index >= 15 is 0 Å². The van der Waals surface area contributed by atoms with Crippen molar-refractivity contribution in [1.82, 2.24) is 0 Å². The number of furan rings is 1. The van der Waals surface area contributed by atoms with Crippen molar-refractivity contribution in [2.24, 2.45) is 0 Å². The van der Waals surface area contributed by atoms with Crippen molar-refractivity contribution in [1.29, 1.82) is 0 Å². The van der Waals surface area contributed by atoms with E-state index in [0.717, 1.165) is 40.3 Å². The molecule has 1 heterocycles. The van der Waals surface area contributed by atoms with Gasteiger partial charge >= 0.3 is 5.97 Å². The number of unbranched alkanes of at least 4 members (excludes halogenated alkanes) is 1. The van der Waals surface area contributed by atoms with E-state index in [4.69, 9.17) is 9.15 Å². The van der Waals surface area contributed by atoms with E-state index in [0.29, 0.717) is 6.61 Å². The fourth-order valence-corrected chi connectivity index (χ4v) is 2.42. The van der Waals surface area contributed by atoms with Crippen LogP contribution in [-0.2, 0) is 9.53 Å². The molecule has 3 rings (SSSR count). The average molecular weight is 294 g/mol. The standard InChI is InChI=1S/C19H18O3/c1-2-3-13-21-18(20)12-11-14-7-6-9-16-15-8-4-5-10-17(15)22-19(14)16/h4-12H,2-3,13H2,1H3/b12-11+. The molecule has 3 heteroatoms. The van der Waals surface area contributed by atoms with Crippen molar-refractivity contribution >= 4 is 34.0 Å². The number of carbonyl (C=O) groups excluding carboxylic acids is 1. The monoisotopic (exact) mass is 294 g/mol. The molecule has 0 saturated heterocycles. The van der Waals surface area contributed by atoms with Crippen molar-refractivity contribution < 1.29 is 13.9 Å². The summed E-state index contributed by atoms with van der Waals surface area (Å²) in [6.45, 7) is 2.53. The van der Waals surface area contributed by atoms with E-state index in [1.807, 2.05) is 42.5 Å². The lowest BCUT2D eigenvalue weighted by Crippen LogP contribution is -2.01. The highest BCUT2D eigenvalue weighted by Gasteiger charge is 2.08. The van der Waals surface area contributed by atoms with Gasteiger partial charge in [-0.2, -0.15) is 0 Å². The van der Waals surface area contributed by atoms with Gasteiger partial charge in [-0.05, 0) is 18.6 Å². The van der Waals surface area contributed by atoms with E-state index in [1.165, 1.54) is 6.08 Å². The molecule has 0 unspecified atom stereocenters. The third-order valence-electron chi connectivity index (χ3n) is 3.58. The Kier molecular flexibility index (Phi) is 4.24. The number of ether oxygens (including phenoxy) is 1. The van der Waals surface area contributed by atoms with Gasteiger partial charge in [0.15, 0.2) is 0 Å². The molecule has 3 aromatic rings. The van der Waals surface area contributed by atoms with Gasteiger partial charge in [-0.15, -0.1) is 0 Å². The zero-order chi connectivity index (χ0) is 15.4. The number of hydrogen-bond acceptors (Lipinski definition) is 3. The number of hydrogen-bond donors (Lipinski definition) is 0. The average Bonchev–Trinajstić information content (AvgIpc) is 2.92. The first-order valence-corrected chi connectivity index (χ1v) is 7.54. The number of carbonyl (C=O) groups is 1. The summed E-state index contributed by atoms with van der Waals surface area (Å²) in [4.78, 5) is 11.7. The van der Waals surface area contributed by atoms with Crippen molar-refractivity contribution in [3.8, 4) is 0 Å². The summed E-state index contributed by atoms with van der Waals surface area (Å²) < 4.78 is 11.0. The second-order valence-electron chi connectivity index (χ2n) is 5.18. The van der Waals surface area contributed by atoms with Crippen molar-refractivity contribution in [3.05, 3.63) is 54.1 Å². The molecule has 0 aliphatic carbocycles. The molecule has 0 bridgehead atoms. The Bertz CT molecular complexity index is 827. The van der Waals surface area contributed by atoms with Gasteiger partial charge in [0, 0.05) is 22.4 Å². The van der Waals surface area contributed by atoms with E-state index < -0.39 is 0 Å². The SMILES string of the molecule is CCCCOC(=O)/C=C/c1cccc2c1oc1ccccc12. The molecule has 22 heavy (non-hydrogen) atoms. The Hall–Kier alpha value is -2.55. The zero-order valence-electron chi connectivity index (χ0n) is 12.5. The Balaban J connectivity index is 1.89. The third-order valence-corrected chi connectivity index (χ3v) is 3.58. The smallest absolute Gasteiger partial charge is 0.330 e. The Labute approximate surface area is 129 Å². The molecular weight excluding hydrogens is 276 g/mol. The predicted octanol–water partition coefficient (Wildman–Crippen LogP) is 4.94. The number of fused-ring (bicyclic) bond motifs is 3. The van der Waals surface area contributed by atoms with E-state index in [9.17, 15) is 4.79 Å². The molecule has 0 radical (unpaired) electrons. The summed E-state index contributed by atoms with van der Waals surface area (Å²) in [5.41, 5.74) is 2.52. The summed E-state index contributed by atoms with van der Waals surface area (Å²) in [6.07, 6.45) is 5.10. The summed E-state index contributed by atoms with van der Waals surface area (Å²) >= 11 is 0. The maximum atomic E-state index is 11.7. The molecule has 0 fully saturated rings. The lowest BCUT2D eigenvalue weighted by molar-refractivity contribution is -0.137. The molecule has 2 aromatic carbocycles. The van der Waals surface area contributed by atoms with Crippen LogP contribution >= 0.6 is 0 Å². The van der Waals surface area contributed by atoms with Crippen LogP contribution in [0.5, 0.6) is 0 Å². The Morgan fingerprint density at radius 1 is 1.14 bits per heavy atom. The van der Waals surface area contributed by atoms with Gasteiger partial charge in [0.25, 0.3) is 0 Å². The molecular formula is C19H18O3. The summed E-state index contributed by atoms with van der Waals surface area (Å²) in [5.74, 6) is -0.318. The first-order chi connectivity index (χ1) is 10.8. The van der Waals surface area contributed by atoms with E-state index in [-0.39, 0.29) is 5.97 Å². The summed E-state index contributed by atoms with van der Waals surface area (Å²) in [6, 6.07) is 13.8. The van der Waals surface area contributed by atoms with Crippen LogP contribution in [-0.4, -0.2) is 12.6 Å².